The lowest BCUT2D eigenvalue weighted by Gasteiger charge is -2.22. The summed E-state index contributed by atoms with van der Waals surface area (Å²) in [6, 6.07) is 7.38. The molecule has 0 amide bonds. The third-order valence-electron chi connectivity index (χ3n) is 2.71. The second-order valence-corrected chi connectivity index (χ2v) is 6.97. The maximum absolute atomic E-state index is 12.8. The van der Waals surface area contributed by atoms with Crippen molar-refractivity contribution < 1.29 is 5.58 Å². The van der Waals surface area contributed by atoms with Crippen LogP contribution in [-0.2, 0) is 9.73 Å². The lowest BCUT2D eigenvalue weighted by Crippen LogP contribution is -2.27. The summed E-state index contributed by atoms with van der Waals surface area (Å²) in [4.78, 5) is 0.590. The van der Waals surface area contributed by atoms with Gasteiger partial charge in [0.15, 0.2) is 0 Å². The Kier molecular flexibility index (Phi) is 1.87. The second-order valence-electron chi connectivity index (χ2n) is 4.12. The van der Waals surface area contributed by atoms with Gasteiger partial charge in [0, 0.05) is 4.90 Å². The fraction of sp³-hybridized carbons (Fsp3) is 0.455. The van der Waals surface area contributed by atoms with Gasteiger partial charge in [-0.1, -0.05) is 18.2 Å². The minimum absolute atomic E-state index is 0.315. The molecular weight excluding hydrogens is 194 g/mol. The van der Waals surface area contributed by atoms with Crippen molar-refractivity contribution in [1.29, 1.82) is 0 Å². The first-order valence-corrected chi connectivity index (χ1v) is 6.27. The average Bonchev–Trinajstić information content (AvgIpc) is 2.43. The first-order valence-electron chi connectivity index (χ1n) is 5.25. The zero-order chi connectivity index (χ0) is 11.1. The molecule has 3 heteroatoms. The number of benzene rings is 1. The Bertz CT molecular complexity index is 501. The Morgan fingerprint density at radius 3 is 2.86 bits per heavy atom. The van der Waals surface area contributed by atoms with Crippen molar-refractivity contribution in [2.24, 2.45) is 4.36 Å². The highest BCUT2D eigenvalue weighted by atomic mass is 32.2. The van der Waals surface area contributed by atoms with E-state index in [1.807, 2.05) is 19.9 Å². The molecule has 0 unspecified atom stereocenters. The normalized spacial score (nSPS) is 30.9. The third-order valence-corrected chi connectivity index (χ3v) is 5.81. The molecule has 14 heavy (non-hydrogen) atoms. The SMILES string of the molecule is [2H]c1ccccc1[S@]1(=O)=NCCC1(C)C. The zero-order valence-corrected chi connectivity index (χ0v) is 9.30. The zero-order valence-electron chi connectivity index (χ0n) is 9.49. The largest absolute Gasteiger partial charge is 0.244 e. The van der Waals surface area contributed by atoms with Crippen LogP contribution in [0.2, 0.25) is 0 Å². The molecule has 76 valence electrons. The fourth-order valence-electron chi connectivity index (χ4n) is 1.67. The van der Waals surface area contributed by atoms with Crippen molar-refractivity contribution in [3.05, 3.63) is 30.3 Å². The Morgan fingerprint density at radius 2 is 2.29 bits per heavy atom. The van der Waals surface area contributed by atoms with Gasteiger partial charge in [0.2, 0.25) is 0 Å². The summed E-state index contributed by atoms with van der Waals surface area (Å²) in [5.41, 5.74) is 0. The van der Waals surface area contributed by atoms with Crippen LogP contribution in [-0.4, -0.2) is 15.5 Å². The van der Waals surface area contributed by atoms with Gasteiger partial charge in [0.1, 0.15) is 0 Å². The summed E-state index contributed by atoms with van der Waals surface area (Å²) >= 11 is 0. The van der Waals surface area contributed by atoms with Crippen molar-refractivity contribution in [2.45, 2.75) is 29.9 Å². The minimum Gasteiger partial charge on any atom is -0.244 e. The molecule has 1 atom stereocenters. The van der Waals surface area contributed by atoms with Crippen LogP contribution in [0.15, 0.2) is 39.6 Å². The minimum atomic E-state index is -2.40. The smallest absolute Gasteiger partial charge is 0.0805 e. The Labute approximate surface area is 86.9 Å². The molecule has 0 N–H and O–H groups in total. The maximum atomic E-state index is 12.8. The molecule has 0 saturated heterocycles. The van der Waals surface area contributed by atoms with E-state index in [-0.39, 0.29) is 4.75 Å². The fourth-order valence-corrected chi connectivity index (χ4v) is 3.96. The quantitative estimate of drug-likeness (QED) is 0.700. The molecule has 1 aliphatic heterocycles. The number of rotatable bonds is 1. The lowest BCUT2D eigenvalue weighted by molar-refractivity contribution is 0.618. The number of hydrogen-bond donors (Lipinski definition) is 0. The molecule has 0 radical (unpaired) electrons. The van der Waals surface area contributed by atoms with E-state index in [0.29, 0.717) is 17.5 Å². The molecular formula is C11H15NOS. The summed E-state index contributed by atoms with van der Waals surface area (Å²) < 4.78 is 24.5. The van der Waals surface area contributed by atoms with E-state index in [0.717, 1.165) is 6.42 Å². The molecule has 0 aromatic heterocycles. The van der Waals surface area contributed by atoms with E-state index in [1.54, 1.807) is 18.2 Å². The Morgan fingerprint density at radius 1 is 1.50 bits per heavy atom. The van der Waals surface area contributed by atoms with E-state index >= 15 is 0 Å². The number of nitrogens with zero attached hydrogens (tertiary/aromatic N) is 1. The maximum Gasteiger partial charge on any atom is 0.0805 e. The van der Waals surface area contributed by atoms with Crippen LogP contribution in [0.3, 0.4) is 0 Å². The van der Waals surface area contributed by atoms with E-state index in [2.05, 4.69) is 4.36 Å². The summed E-state index contributed by atoms with van der Waals surface area (Å²) in [7, 11) is -2.40. The molecule has 2 nitrogen and oxygen atoms in total. The van der Waals surface area contributed by atoms with Crippen molar-refractivity contribution >= 4 is 9.73 Å². The van der Waals surface area contributed by atoms with Gasteiger partial charge in [0.05, 0.1) is 22.4 Å². The molecule has 0 saturated carbocycles. The molecule has 1 heterocycles. The molecule has 2 rings (SSSR count). The second kappa shape index (κ2) is 3.09. The predicted molar refractivity (Wildman–Crippen MR) is 58.8 cm³/mol. The van der Waals surface area contributed by atoms with E-state index in [4.69, 9.17) is 1.37 Å². The van der Waals surface area contributed by atoms with Gasteiger partial charge in [-0.05, 0) is 32.4 Å². The molecule has 1 aromatic rings. The van der Waals surface area contributed by atoms with E-state index < -0.39 is 9.73 Å². The van der Waals surface area contributed by atoms with Gasteiger partial charge < -0.3 is 0 Å². The van der Waals surface area contributed by atoms with Gasteiger partial charge >= 0.3 is 0 Å². The number of hydrogen-bond acceptors (Lipinski definition) is 2. The first-order chi connectivity index (χ1) is 6.97. The molecule has 0 aliphatic carbocycles. The standard InChI is InChI=1S/C11H15NOS/c1-11(2)8-9-12-14(11,13)10-6-4-3-5-7-10/h3-7H,8-9H2,1-2H3/t14-/m1/s1/i6D. The molecule has 0 bridgehead atoms. The van der Waals surface area contributed by atoms with Crippen LogP contribution in [0.5, 0.6) is 0 Å². The average molecular weight is 210 g/mol. The lowest BCUT2D eigenvalue weighted by atomic mass is 10.1. The summed E-state index contributed by atoms with van der Waals surface area (Å²) in [6.45, 7) is 4.58. The van der Waals surface area contributed by atoms with E-state index in [9.17, 15) is 4.21 Å². The Hall–Kier alpha value is -0.830. The molecule has 0 fully saturated rings. The van der Waals surface area contributed by atoms with Crippen LogP contribution in [0.25, 0.3) is 0 Å². The van der Waals surface area contributed by atoms with Crippen LogP contribution in [0, 0.1) is 0 Å². The van der Waals surface area contributed by atoms with Crippen molar-refractivity contribution in [3.8, 4) is 0 Å². The summed E-state index contributed by atoms with van der Waals surface area (Å²) in [5, 5.41) is 0. The van der Waals surface area contributed by atoms with Crippen LogP contribution in [0.4, 0.5) is 0 Å². The van der Waals surface area contributed by atoms with Gasteiger partial charge in [0.25, 0.3) is 0 Å². The molecule has 1 aromatic carbocycles. The van der Waals surface area contributed by atoms with Crippen LogP contribution < -0.4 is 0 Å². The highest BCUT2D eigenvalue weighted by Crippen LogP contribution is 2.35. The molecule has 1 aliphatic rings. The van der Waals surface area contributed by atoms with Crippen molar-refractivity contribution in [2.75, 3.05) is 6.54 Å². The van der Waals surface area contributed by atoms with Gasteiger partial charge in [-0.2, -0.15) is 0 Å². The predicted octanol–water partition coefficient (Wildman–Crippen LogP) is 2.70. The highest BCUT2D eigenvalue weighted by Gasteiger charge is 2.37. The van der Waals surface area contributed by atoms with Crippen LogP contribution >= 0.6 is 0 Å². The van der Waals surface area contributed by atoms with Crippen molar-refractivity contribution in [3.63, 3.8) is 0 Å². The highest BCUT2D eigenvalue weighted by molar-refractivity contribution is 7.95. The Balaban J connectivity index is 2.67. The van der Waals surface area contributed by atoms with Gasteiger partial charge in [-0.3, -0.25) is 0 Å². The monoisotopic (exact) mass is 210 g/mol. The topological polar surface area (TPSA) is 29.4 Å². The van der Waals surface area contributed by atoms with E-state index in [1.165, 1.54) is 0 Å². The third kappa shape index (κ3) is 1.27. The van der Waals surface area contributed by atoms with Gasteiger partial charge in [-0.25, -0.2) is 8.57 Å². The first kappa shape index (κ1) is 8.48. The van der Waals surface area contributed by atoms with Crippen molar-refractivity contribution in [1.82, 2.24) is 0 Å². The summed E-state index contributed by atoms with van der Waals surface area (Å²) in [5.74, 6) is 0. The summed E-state index contributed by atoms with van der Waals surface area (Å²) in [6.07, 6.45) is 0.833. The van der Waals surface area contributed by atoms with Crippen LogP contribution in [0.1, 0.15) is 21.6 Å². The molecule has 0 spiro atoms. The van der Waals surface area contributed by atoms with Gasteiger partial charge in [-0.15, -0.1) is 0 Å².